The van der Waals surface area contributed by atoms with Crippen molar-refractivity contribution in [2.75, 3.05) is 13.1 Å². The highest BCUT2D eigenvalue weighted by atomic mass is 32.2. The van der Waals surface area contributed by atoms with E-state index in [4.69, 9.17) is 0 Å². The van der Waals surface area contributed by atoms with E-state index in [1.807, 2.05) is 32.2 Å². The quantitative estimate of drug-likeness (QED) is 0.632. The van der Waals surface area contributed by atoms with Crippen LogP contribution in [-0.2, 0) is 11.0 Å². The lowest BCUT2D eigenvalue weighted by Gasteiger charge is -2.18. The molecule has 0 aliphatic carbocycles. The van der Waals surface area contributed by atoms with Crippen molar-refractivity contribution in [3.05, 3.63) is 23.3 Å². The Labute approximate surface area is 93.0 Å². The summed E-state index contributed by atoms with van der Waals surface area (Å²) in [5, 5.41) is 3.01. The first-order valence-electron chi connectivity index (χ1n) is 4.46. The second kappa shape index (κ2) is 5.00. The van der Waals surface area contributed by atoms with E-state index in [0.717, 1.165) is 4.91 Å². The minimum atomic E-state index is -1.10. The van der Waals surface area contributed by atoms with Crippen LogP contribution in [0.25, 0.3) is 0 Å². The second-order valence-electron chi connectivity index (χ2n) is 3.78. The van der Waals surface area contributed by atoms with Crippen molar-refractivity contribution < 1.29 is 4.21 Å². The van der Waals surface area contributed by atoms with Gasteiger partial charge in [-0.15, -0.1) is 0 Å². The molecule has 1 atom stereocenters. The van der Waals surface area contributed by atoms with Gasteiger partial charge in [0.1, 0.15) is 11.0 Å². The lowest BCUT2D eigenvalue weighted by Crippen LogP contribution is -2.33. The molecule has 0 saturated heterocycles. The average Bonchev–Trinajstić information content (AvgIpc) is 2.14. The average molecular weight is 232 g/mol. The van der Waals surface area contributed by atoms with Crippen molar-refractivity contribution in [1.29, 1.82) is 0 Å². The van der Waals surface area contributed by atoms with Crippen LogP contribution in [0.1, 0.15) is 13.8 Å². The summed E-state index contributed by atoms with van der Waals surface area (Å²) in [7, 11) is -1.10. The predicted molar refractivity (Wildman–Crippen MR) is 64.4 cm³/mol. The zero-order chi connectivity index (χ0) is 10.6. The van der Waals surface area contributed by atoms with Gasteiger partial charge < -0.3 is 5.32 Å². The molecule has 3 nitrogen and oxygen atoms in total. The van der Waals surface area contributed by atoms with Crippen molar-refractivity contribution >= 4 is 23.6 Å². The van der Waals surface area contributed by atoms with Crippen LogP contribution in [0.4, 0.5) is 0 Å². The molecule has 1 aliphatic rings. The van der Waals surface area contributed by atoms with Crippen molar-refractivity contribution in [2.24, 2.45) is 0 Å². The Morgan fingerprint density at radius 1 is 1.71 bits per heavy atom. The zero-order valence-corrected chi connectivity index (χ0v) is 10.1. The summed E-state index contributed by atoms with van der Waals surface area (Å²) in [5.74, 6) is 0. The van der Waals surface area contributed by atoms with E-state index in [1.165, 1.54) is 0 Å². The first kappa shape index (κ1) is 11.8. The Morgan fingerprint density at radius 3 is 2.93 bits per heavy atom. The van der Waals surface area contributed by atoms with Gasteiger partial charge >= 0.3 is 0 Å². The number of rotatable bonds is 4. The molecule has 0 aromatic rings. The summed E-state index contributed by atoms with van der Waals surface area (Å²) in [6.45, 7) is 5.22. The van der Waals surface area contributed by atoms with Crippen LogP contribution >= 0.6 is 12.6 Å². The van der Waals surface area contributed by atoms with Gasteiger partial charge in [0.25, 0.3) is 0 Å². The van der Waals surface area contributed by atoms with Gasteiger partial charge in [-0.1, -0.05) is 0 Å². The van der Waals surface area contributed by atoms with Crippen LogP contribution in [0.5, 0.6) is 0 Å². The molecule has 1 heterocycles. The first-order chi connectivity index (χ1) is 6.49. The molecule has 14 heavy (non-hydrogen) atoms. The van der Waals surface area contributed by atoms with Gasteiger partial charge in [0.05, 0.1) is 4.91 Å². The smallest absolute Gasteiger partial charge is 0.122 e. The molecule has 5 heteroatoms. The second-order valence-corrected chi connectivity index (χ2v) is 6.34. The summed E-state index contributed by atoms with van der Waals surface area (Å²) in [5.41, 5.74) is 0. The topological polar surface area (TPSA) is 41.1 Å². The highest BCUT2D eigenvalue weighted by Gasteiger charge is 2.14. The molecule has 2 N–H and O–H groups in total. The van der Waals surface area contributed by atoms with E-state index < -0.39 is 11.0 Å². The molecule has 0 bridgehead atoms. The zero-order valence-electron chi connectivity index (χ0n) is 8.41. The SMILES string of the molecule is CC(C)(S)CNS(=O)C1=CC=CNC1. The van der Waals surface area contributed by atoms with Crippen LogP contribution in [0.15, 0.2) is 23.3 Å². The summed E-state index contributed by atoms with van der Waals surface area (Å²) in [6.07, 6.45) is 5.55. The van der Waals surface area contributed by atoms with Gasteiger partial charge in [0.2, 0.25) is 0 Å². The maximum absolute atomic E-state index is 11.7. The minimum absolute atomic E-state index is 0.145. The molecule has 80 valence electrons. The van der Waals surface area contributed by atoms with Gasteiger partial charge in [-0.3, -0.25) is 0 Å². The Bertz CT molecular complexity index is 279. The molecular formula is C9H16N2OS2. The summed E-state index contributed by atoms with van der Waals surface area (Å²) < 4.78 is 14.5. The van der Waals surface area contributed by atoms with E-state index in [-0.39, 0.29) is 4.75 Å². The largest absolute Gasteiger partial charge is 0.386 e. The minimum Gasteiger partial charge on any atom is -0.386 e. The molecule has 0 aromatic heterocycles. The van der Waals surface area contributed by atoms with E-state index in [0.29, 0.717) is 13.1 Å². The molecule has 0 amide bonds. The Balaban J connectivity index is 2.42. The number of allylic oxidation sites excluding steroid dienone is 2. The third-order valence-electron chi connectivity index (χ3n) is 1.65. The number of thiol groups is 1. The molecule has 0 saturated carbocycles. The normalized spacial score (nSPS) is 18.6. The molecule has 0 aromatic carbocycles. The highest BCUT2D eigenvalue weighted by molar-refractivity contribution is 7.87. The van der Waals surface area contributed by atoms with Crippen LogP contribution < -0.4 is 10.0 Å². The molecule has 1 unspecified atom stereocenters. The fourth-order valence-corrected chi connectivity index (χ4v) is 2.18. The van der Waals surface area contributed by atoms with Crippen LogP contribution in [0.2, 0.25) is 0 Å². The fraction of sp³-hybridized carbons (Fsp3) is 0.556. The third kappa shape index (κ3) is 4.30. The lowest BCUT2D eigenvalue weighted by molar-refractivity contribution is 0.651. The predicted octanol–water partition coefficient (Wildman–Crippen LogP) is 0.949. The van der Waals surface area contributed by atoms with Crippen molar-refractivity contribution in [2.45, 2.75) is 18.6 Å². The van der Waals surface area contributed by atoms with Crippen molar-refractivity contribution in [3.8, 4) is 0 Å². The number of dihydropyridines is 1. The van der Waals surface area contributed by atoms with E-state index >= 15 is 0 Å². The summed E-state index contributed by atoms with van der Waals surface area (Å²) in [6, 6.07) is 0. The van der Waals surface area contributed by atoms with Gasteiger partial charge in [-0.05, 0) is 32.2 Å². The number of hydrogen-bond acceptors (Lipinski definition) is 3. The fourth-order valence-electron chi connectivity index (χ4n) is 0.904. The maximum Gasteiger partial charge on any atom is 0.122 e. The van der Waals surface area contributed by atoms with E-state index in [9.17, 15) is 4.21 Å². The lowest BCUT2D eigenvalue weighted by atomic mass is 10.2. The van der Waals surface area contributed by atoms with Crippen LogP contribution in [0.3, 0.4) is 0 Å². The molecule has 0 radical (unpaired) electrons. The van der Waals surface area contributed by atoms with Gasteiger partial charge in [-0.2, -0.15) is 12.6 Å². The van der Waals surface area contributed by atoms with Gasteiger partial charge in [0.15, 0.2) is 0 Å². The summed E-state index contributed by atoms with van der Waals surface area (Å²) in [4.78, 5) is 0.866. The van der Waals surface area contributed by atoms with E-state index in [2.05, 4.69) is 22.7 Å². The number of hydrogen-bond donors (Lipinski definition) is 3. The highest BCUT2D eigenvalue weighted by Crippen LogP contribution is 2.11. The van der Waals surface area contributed by atoms with Gasteiger partial charge in [-0.25, -0.2) is 8.93 Å². The Kier molecular flexibility index (Phi) is 4.22. The standard InChI is InChI=1S/C9H16N2OS2/c1-9(2,13)7-11-14(12)8-4-3-5-10-6-8/h3-5,10-11,13H,6-7H2,1-2H3. The van der Waals surface area contributed by atoms with Crippen molar-refractivity contribution in [1.82, 2.24) is 10.0 Å². The number of nitrogens with one attached hydrogen (secondary N) is 2. The monoisotopic (exact) mass is 232 g/mol. The third-order valence-corrected chi connectivity index (χ3v) is 2.97. The Morgan fingerprint density at radius 2 is 2.43 bits per heavy atom. The van der Waals surface area contributed by atoms with Crippen LogP contribution in [0, 0.1) is 0 Å². The molecule has 1 rings (SSSR count). The molecule has 1 aliphatic heterocycles. The molecule has 0 fully saturated rings. The maximum atomic E-state index is 11.7. The summed E-state index contributed by atoms with van der Waals surface area (Å²) >= 11 is 4.35. The van der Waals surface area contributed by atoms with Crippen LogP contribution in [-0.4, -0.2) is 22.0 Å². The van der Waals surface area contributed by atoms with E-state index in [1.54, 1.807) is 0 Å². The molecule has 0 spiro atoms. The van der Waals surface area contributed by atoms with Crippen molar-refractivity contribution in [3.63, 3.8) is 0 Å². The van der Waals surface area contributed by atoms with Gasteiger partial charge in [0, 0.05) is 17.8 Å². The Hall–Kier alpha value is -0.260. The first-order valence-corrected chi connectivity index (χ1v) is 6.05. The molecular weight excluding hydrogens is 216 g/mol.